The summed E-state index contributed by atoms with van der Waals surface area (Å²) in [6.07, 6.45) is 5.63. The SMILES string of the molecule is CC(NS(=O)(=O)c1ccc(F)c(N)c1)C1CCCCC1. The van der Waals surface area contributed by atoms with Crippen LogP contribution in [0.4, 0.5) is 10.1 Å². The Hall–Kier alpha value is -1.14. The van der Waals surface area contributed by atoms with Crippen molar-refractivity contribution in [1.82, 2.24) is 4.72 Å². The Balaban J connectivity index is 2.11. The van der Waals surface area contributed by atoms with Gasteiger partial charge in [-0.05, 0) is 43.9 Å². The number of hydrogen-bond donors (Lipinski definition) is 2. The fourth-order valence-corrected chi connectivity index (χ4v) is 4.08. The lowest BCUT2D eigenvalue weighted by Crippen LogP contribution is -2.38. The molecule has 4 nitrogen and oxygen atoms in total. The topological polar surface area (TPSA) is 72.2 Å². The largest absolute Gasteiger partial charge is 0.396 e. The summed E-state index contributed by atoms with van der Waals surface area (Å²) in [4.78, 5) is 0.0130. The molecule has 0 amide bonds. The monoisotopic (exact) mass is 300 g/mol. The van der Waals surface area contributed by atoms with Crippen molar-refractivity contribution in [2.45, 2.75) is 50.0 Å². The summed E-state index contributed by atoms with van der Waals surface area (Å²) < 4.78 is 40.3. The molecular weight excluding hydrogens is 279 g/mol. The fraction of sp³-hybridized carbons (Fsp3) is 0.571. The lowest BCUT2D eigenvalue weighted by Gasteiger charge is -2.28. The van der Waals surface area contributed by atoms with E-state index in [2.05, 4.69) is 4.72 Å². The van der Waals surface area contributed by atoms with Gasteiger partial charge in [0.05, 0.1) is 10.6 Å². The first-order valence-corrected chi connectivity index (χ1v) is 8.46. The summed E-state index contributed by atoms with van der Waals surface area (Å²) in [5.41, 5.74) is 5.27. The molecule has 6 heteroatoms. The van der Waals surface area contributed by atoms with E-state index in [4.69, 9.17) is 5.73 Å². The molecule has 0 saturated heterocycles. The summed E-state index contributed by atoms with van der Waals surface area (Å²) in [5.74, 6) is -0.236. The molecule has 1 saturated carbocycles. The molecule has 0 bridgehead atoms. The second-order valence-corrected chi connectivity index (χ2v) is 7.21. The van der Waals surface area contributed by atoms with Crippen molar-refractivity contribution in [1.29, 1.82) is 0 Å². The molecule has 0 aromatic heterocycles. The first-order chi connectivity index (χ1) is 9.40. The van der Waals surface area contributed by atoms with Crippen LogP contribution in [0.2, 0.25) is 0 Å². The summed E-state index contributed by atoms with van der Waals surface area (Å²) in [6, 6.07) is 3.36. The van der Waals surface area contributed by atoms with Crippen LogP contribution in [0.15, 0.2) is 23.1 Å². The number of rotatable bonds is 4. The molecule has 1 unspecified atom stereocenters. The number of benzene rings is 1. The molecule has 1 aromatic carbocycles. The summed E-state index contributed by atoms with van der Waals surface area (Å²) in [5, 5.41) is 0. The van der Waals surface area contributed by atoms with E-state index in [0.29, 0.717) is 5.92 Å². The highest BCUT2D eigenvalue weighted by molar-refractivity contribution is 7.89. The van der Waals surface area contributed by atoms with Crippen molar-refractivity contribution in [3.8, 4) is 0 Å². The minimum atomic E-state index is -3.64. The Kier molecular flexibility index (Phi) is 4.65. The molecule has 0 spiro atoms. The zero-order valence-corrected chi connectivity index (χ0v) is 12.4. The fourth-order valence-electron chi connectivity index (χ4n) is 2.73. The lowest BCUT2D eigenvalue weighted by molar-refractivity contribution is 0.303. The van der Waals surface area contributed by atoms with Crippen LogP contribution in [-0.4, -0.2) is 14.5 Å². The van der Waals surface area contributed by atoms with Crippen molar-refractivity contribution in [2.75, 3.05) is 5.73 Å². The smallest absolute Gasteiger partial charge is 0.240 e. The zero-order chi connectivity index (χ0) is 14.8. The third-order valence-corrected chi connectivity index (χ3v) is 5.53. The molecule has 0 heterocycles. The molecule has 2 rings (SSSR count). The highest BCUT2D eigenvalue weighted by Crippen LogP contribution is 2.27. The summed E-state index contributed by atoms with van der Waals surface area (Å²) in [6.45, 7) is 1.89. The van der Waals surface area contributed by atoms with Crippen molar-refractivity contribution in [2.24, 2.45) is 5.92 Å². The maximum Gasteiger partial charge on any atom is 0.240 e. The quantitative estimate of drug-likeness (QED) is 0.840. The standard InChI is InChI=1S/C14H21FN2O2S/c1-10(11-5-3-2-4-6-11)17-20(18,19)12-7-8-13(15)14(16)9-12/h7-11,17H,2-6,16H2,1H3. The Labute approximate surface area is 119 Å². The van der Waals surface area contributed by atoms with Gasteiger partial charge in [0.2, 0.25) is 10.0 Å². The van der Waals surface area contributed by atoms with Gasteiger partial charge in [-0.15, -0.1) is 0 Å². The molecule has 20 heavy (non-hydrogen) atoms. The average Bonchev–Trinajstić information content (AvgIpc) is 2.42. The Morgan fingerprint density at radius 2 is 1.95 bits per heavy atom. The van der Waals surface area contributed by atoms with Gasteiger partial charge in [0.1, 0.15) is 5.82 Å². The number of halogens is 1. The van der Waals surface area contributed by atoms with E-state index >= 15 is 0 Å². The number of anilines is 1. The van der Waals surface area contributed by atoms with Gasteiger partial charge in [-0.1, -0.05) is 19.3 Å². The van der Waals surface area contributed by atoms with Crippen molar-refractivity contribution < 1.29 is 12.8 Å². The normalized spacial score (nSPS) is 18.9. The third kappa shape index (κ3) is 3.49. The van der Waals surface area contributed by atoms with E-state index in [9.17, 15) is 12.8 Å². The maximum atomic E-state index is 13.1. The van der Waals surface area contributed by atoms with E-state index in [1.54, 1.807) is 0 Å². The van der Waals surface area contributed by atoms with Gasteiger partial charge in [0.15, 0.2) is 0 Å². The van der Waals surface area contributed by atoms with Crippen LogP contribution in [0.5, 0.6) is 0 Å². The molecule has 0 aliphatic heterocycles. The molecule has 3 N–H and O–H groups in total. The van der Waals surface area contributed by atoms with E-state index in [1.807, 2.05) is 6.92 Å². The molecule has 0 radical (unpaired) electrons. The Morgan fingerprint density at radius 1 is 1.30 bits per heavy atom. The van der Waals surface area contributed by atoms with Crippen LogP contribution in [0.3, 0.4) is 0 Å². The first-order valence-electron chi connectivity index (χ1n) is 6.97. The van der Waals surface area contributed by atoms with Gasteiger partial charge in [0.25, 0.3) is 0 Å². The van der Waals surface area contributed by atoms with Gasteiger partial charge in [-0.25, -0.2) is 17.5 Å². The second-order valence-electron chi connectivity index (χ2n) is 5.49. The van der Waals surface area contributed by atoms with Gasteiger partial charge in [0, 0.05) is 6.04 Å². The first kappa shape index (κ1) is 15.3. The van der Waals surface area contributed by atoms with E-state index in [0.717, 1.165) is 37.8 Å². The number of nitrogen functional groups attached to an aromatic ring is 1. The molecule has 1 fully saturated rings. The molecular formula is C14H21FN2O2S. The second kappa shape index (κ2) is 6.10. The highest BCUT2D eigenvalue weighted by atomic mass is 32.2. The van der Waals surface area contributed by atoms with E-state index < -0.39 is 15.8 Å². The van der Waals surface area contributed by atoms with Crippen LogP contribution in [0.25, 0.3) is 0 Å². The molecule has 1 aliphatic carbocycles. The zero-order valence-electron chi connectivity index (χ0n) is 11.6. The van der Waals surface area contributed by atoms with Crippen molar-refractivity contribution >= 4 is 15.7 Å². The van der Waals surface area contributed by atoms with Crippen LogP contribution in [0, 0.1) is 11.7 Å². The van der Waals surface area contributed by atoms with Gasteiger partial charge < -0.3 is 5.73 Å². The van der Waals surface area contributed by atoms with E-state index in [-0.39, 0.29) is 16.6 Å². The van der Waals surface area contributed by atoms with Gasteiger partial charge in [-0.3, -0.25) is 0 Å². The van der Waals surface area contributed by atoms with E-state index in [1.165, 1.54) is 12.5 Å². The molecule has 1 aromatic rings. The summed E-state index contributed by atoms with van der Waals surface area (Å²) >= 11 is 0. The average molecular weight is 300 g/mol. The Bertz CT molecular complexity index is 569. The maximum absolute atomic E-state index is 13.1. The van der Waals surface area contributed by atoms with Crippen molar-refractivity contribution in [3.63, 3.8) is 0 Å². The van der Waals surface area contributed by atoms with Gasteiger partial charge in [-0.2, -0.15) is 0 Å². The van der Waals surface area contributed by atoms with Crippen LogP contribution >= 0.6 is 0 Å². The minimum absolute atomic E-state index is 0.0130. The van der Waals surface area contributed by atoms with Crippen molar-refractivity contribution in [3.05, 3.63) is 24.0 Å². The lowest BCUT2D eigenvalue weighted by atomic mass is 9.85. The molecule has 1 aliphatic rings. The number of sulfonamides is 1. The predicted molar refractivity (Wildman–Crippen MR) is 77.2 cm³/mol. The highest BCUT2D eigenvalue weighted by Gasteiger charge is 2.25. The number of hydrogen-bond acceptors (Lipinski definition) is 3. The van der Waals surface area contributed by atoms with Crippen LogP contribution < -0.4 is 10.5 Å². The predicted octanol–water partition coefficient (Wildman–Crippen LogP) is 2.66. The van der Waals surface area contributed by atoms with Gasteiger partial charge >= 0.3 is 0 Å². The molecule has 112 valence electrons. The molecule has 1 atom stereocenters. The summed E-state index contributed by atoms with van der Waals surface area (Å²) in [7, 11) is -3.64. The third-order valence-electron chi connectivity index (χ3n) is 3.98. The Morgan fingerprint density at radius 3 is 2.55 bits per heavy atom. The number of nitrogens with one attached hydrogen (secondary N) is 1. The van der Waals surface area contributed by atoms with Crippen LogP contribution in [0.1, 0.15) is 39.0 Å². The minimum Gasteiger partial charge on any atom is -0.396 e. The number of nitrogens with two attached hydrogens (primary N) is 1. The van der Waals surface area contributed by atoms with Crippen LogP contribution in [-0.2, 0) is 10.0 Å².